The summed E-state index contributed by atoms with van der Waals surface area (Å²) in [5.74, 6) is 0. The van der Waals surface area contributed by atoms with Crippen LogP contribution in [0.3, 0.4) is 0 Å². The molecule has 0 atom stereocenters. The van der Waals surface area contributed by atoms with Crippen LogP contribution in [0.5, 0.6) is 0 Å². The molecule has 1 aromatic rings. The molecule has 0 aliphatic carbocycles. The van der Waals surface area contributed by atoms with Crippen LogP contribution in [0.15, 0.2) is 24.3 Å². The second-order valence-electron chi connectivity index (χ2n) is 3.30. The van der Waals surface area contributed by atoms with Gasteiger partial charge >= 0.3 is 0 Å². The summed E-state index contributed by atoms with van der Waals surface area (Å²) in [7, 11) is 4.15. The van der Waals surface area contributed by atoms with Crippen molar-refractivity contribution in [1.29, 1.82) is 0 Å². The van der Waals surface area contributed by atoms with Gasteiger partial charge in [0, 0.05) is 26.3 Å². The zero-order valence-electron chi connectivity index (χ0n) is 9.08. The number of hydrogen-bond donors (Lipinski definition) is 1. The smallest absolute Gasteiger partial charge is 0.0406 e. The van der Waals surface area contributed by atoms with Gasteiger partial charge in [0.15, 0.2) is 0 Å². The van der Waals surface area contributed by atoms with Crippen molar-refractivity contribution in [3.8, 4) is 0 Å². The van der Waals surface area contributed by atoms with Crippen LogP contribution in [0, 0.1) is 0 Å². The maximum Gasteiger partial charge on any atom is 0.0406 e. The van der Waals surface area contributed by atoms with E-state index in [2.05, 4.69) is 55.5 Å². The Balaban J connectivity index is 0.00000169. The number of nitrogens with zero attached hydrogens (tertiary/aromatic N) is 1. The minimum absolute atomic E-state index is 0. The number of para-hydroxylation sites is 1. The fourth-order valence-corrected chi connectivity index (χ4v) is 1.36. The highest BCUT2D eigenvalue weighted by molar-refractivity contribution is 5.85. The van der Waals surface area contributed by atoms with E-state index in [0.717, 1.165) is 13.1 Å². The Labute approximate surface area is 92.7 Å². The fourth-order valence-electron chi connectivity index (χ4n) is 1.36. The average molecular weight is 215 g/mol. The second-order valence-corrected chi connectivity index (χ2v) is 3.30. The number of nitrogens with one attached hydrogen (secondary N) is 1. The van der Waals surface area contributed by atoms with E-state index < -0.39 is 0 Å². The molecular weight excluding hydrogens is 196 g/mol. The highest BCUT2D eigenvalue weighted by atomic mass is 35.5. The predicted molar refractivity (Wildman–Crippen MR) is 65.4 cm³/mol. The zero-order chi connectivity index (χ0) is 9.68. The number of rotatable bonds is 4. The molecule has 0 radical (unpaired) electrons. The summed E-state index contributed by atoms with van der Waals surface area (Å²) in [4.78, 5) is 2.15. The molecule has 0 aliphatic heterocycles. The molecule has 1 rings (SSSR count). The van der Waals surface area contributed by atoms with Crippen molar-refractivity contribution >= 4 is 18.1 Å². The summed E-state index contributed by atoms with van der Waals surface area (Å²) in [5, 5.41) is 3.33. The van der Waals surface area contributed by atoms with Crippen molar-refractivity contribution in [3.63, 3.8) is 0 Å². The number of anilines is 1. The van der Waals surface area contributed by atoms with Gasteiger partial charge in [-0.2, -0.15) is 0 Å². The van der Waals surface area contributed by atoms with Crippen LogP contribution in [0.1, 0.15) is 12.5 Å². The summed E-state index contributed by atoms with van der Waals surface area (Å²) in [6.45, 7) is 4.09. The zero-order valence-corrected chi connectivity index (χ0v) is 9.90. The van der Waals surface area contributed by atoms with Crippen LogP contribution in [-0.4, -0.2) is 20.6 Å². The van der Waals surface area contributed by atoms with Gasteiger partial charge in [0.2, 0.25) is 0 Å². The van der Waals surface area contributed by atoms with Crippen molar-refractivity contribution in [2.24, 2.45) is 0 Å². The van der Waals surface area contributed by atoms with Crippen molar-refractivity contribution in [2.45, 2.75) is 13.5 Å². The van der Waals surface area contributed by atoms with Crippen molar-refractivity contribution in [1.82, 2.24) is 5.32 Å². The molecule has 0 spiro atoms. The van der Waals surface area contributed by atoms with E-state index >= 15 is 0 Å². The van der Waals surface area contributed by atoms with Crippen LogP contribution in [0.2, 0.25) is 0 Å². The Morgan fingerprint density at radius 3 is 2.43 bits per heavy atom. The van der Waals surface area contributed by atoms with Crippen LogP contribution in [0.4, 0.5) is 5.69 Å². The van der Waals surface area contributed by atoms with Crippen LogP contribution >= 0.6 is 12.4 Å². The third-order valence-electron chi connectivity index (χ3n) is 2.04. The van der Waals surface area contributed by atoms with Gasteiger partial charge in [-0.3, -0.25) is 0 Å². The molecule has 0 aliphatic rings. The van der Waals surface area contributed by atoms with E-state index in [1.54, 1.807) is 0 Å². The third kappa shape index (κ3) is 3.56. The molecule has 3 heteroatoms. The summed E-state index contributed by atoms with van der Waals surface area (Å²) in [6, 6.07) is 8.47. The highest BCUT2D eigenvalue weighted by Gasteiger charge is 2.01. The van der Waals surface area contributed by atoms with Gasteiger partial charge in [0.05, 0.1) is 0 Å². The molecule has 0 fully saturated rings. The van der Waals surface area contributed by atoms with Gasteiger partial charge in [-0.1, -0.05) is 25.1 Å². The highest BCUT2D eigenvalue weighted by Crippen LogP contribution is 2.17. The second kappa shape index (κ2) is 6.68. The lowest BCUT2D eigenvalue weighted by Crippen LogP contribution is -2.16. The van der Waals surface area contributed by atoms with E-state index in [4.69, 9.17) is 0 Å². The topological polar surface area (TPSA) is 15.3 Å². The van der Waals surface area contributed by atoms with Crippen LogP contribution in [0.25, 0.3) is 0 Å². The monoisotopic (exact) mass is 214 g/mol. The molecule has 2 nitrogen and oxygen atoms in total. The van der Waals surface area contributed by atoms with Gasteiger partial charge in [0.25, 0.3) is 0 Å². The molecule has 0 saturated carbocycles. The summed E-state index contributed by atoms with van der Waals surface area (Å²) in [5.41, 5.74) is 2.65. The average Bonchev–Trinajstić information content (AvgIpc) is 2.15. The fraction of sp³-hybridized carbons (Fsp3) is 0.455. The number of hydrogen-bond acceptors (Lipinski definition) is 2. The Morgan fingerprint density at radius 1 is 1.21 bits per heavy atom. The molecule has 14 heavy (non-hydrogen) atoms. The molecular formula is C11H19ClN2. The molecule has 0 saturated heterocycles. The number of halogens is 1. The summed E-state index contributed by atoms with van der Waals surface area (Å²) >= 11 is 0. The lowest BCUT2D eigenvalue weighted by atomic mass is 10.1. The summed E-state index contributed by atoms with van der Waals surface area (Å²) < 4.78 is 0. The molecule has 0 amide bonds. The van der Waals surface area contributed by atoms with Gasteiger partial charge in [-0.15, -0.1) is 12.4 Å². The Hall–Kier alpha value is -0.730. The van der Waals surface area contributed by atoms with Gasteiger partial charge < -0.3 is 10.2 Å². The van der Waals surface area contributed by atoms with Crippen molar-refractivity contribution in [3.05, 3.63) is 29.8 Å². The first-order chi connectivity index (χ1) is 6.25. The first-order valence-corrected chi connectivity index (χ1v) is 4.71. The third-order valence-corrected chi connectivity index (χ3v) is 2.04. The first-order valence-electron chi connectivity index (χ1n) is 4.71. The van der Waals surface area contributed by atoms with E-state index in [9.17, 15) is 0 Å². The largest absolute Gasteiger partial charge is 0.377 e. The molecule has 80 valence electrons. The maximum atomic E-state index is 3.33. The van der Waals surface area contributed by atoms with Crippen LogP contribution < -0.4 is 10.2 Å². The first kappa shape index (κ1) is 13.3. The Kier molecular flexibility index (Phi) is 6.34. The van der Waals surface area contributed by atoms with Crippen molar-refractivity contribution < 1.29 is 0 Å². The molecule has 1 aromatic carbocycles. The van der Waals surface area contributed by atoms with Gasteiger partial charge in [-0.25, -0.2) is 0 Å². The summed E-state index contributed by atoms with van der Waals surface area (Å²) in [6.07, 6.45) is 0. The Morgan fingerprint density at radius 2 is 1.86 bits per heavy atom. The minimum atomic E-state index is 0. The van der Waals surface area contributed by atoms with E-state index in [-0.39, 0.29) is 12.4 Å². The van der Waals surface area contributed by atoms with E-state index in [1.807, 2.05) is 0 Å². The normalized spacial score (nSPS) is 9.36. The predicted octanol–water partition coefficient (Wildman–Crippen LogP) is 2.28. The van der Waals surface area contributed by atoms with Crippen LogP contribution in [-0.2, 0) is 6.54 Å². The van der Waals surface area contributed by atoms with E-state index in [1.165, 1.54) is 11.3 Å². The standard InChI is InChI=1S/C11H18N2.ClH/c1-4-12-9-10-7-5-6-8-11(10)13(2)3;/h5-8,12H,4,9H2,1-3H3;1H. The van der Waals surface area contributed by atoms with Gasteiger partial charge in [0.1, 0.15) is 0 Å². The quantitative estimate of drug-likeness (QED) is 0.828. The lowest BCUT2D eigenvalue weighted by Gasteiger charge is -2.17. The van der Waals surface area contributed by atoms with Crippen molar-refractivity contribution in [2.75, 3.05) is 25.5 Å². The minimum Gasteiger partial charge on any atom is -0.377 e. The molecule has 0 unspecified atom stereocenters. The molecule has 0 heterocycles. The Bertz CT molecular complexity index is 261. The maximum absolute atomic E-state index is 3.33. The van der Waals surface area contributed by atoms with Gasteiger partial charge in [-0.05, 0) is 18.2 Å². The van der Waals surface area contributed by atoms with E-state index in [0.29, 0.717) is 0 Å². The lowest BCUT2D eigenvalue weighted by molar-refractivity contribution is 0.725. The molecule has 0 aromatic heterocycles. The molecule has 0 bridgehead atoms. The molecule has 1 N–H and O–H groups in total. The SMILES string of the molecule is CCNCc1ccccc1N(C)C.Cl. The number of benzene rings is 1.